The molecular weight excluding hydrogens is 321 g/mol. The highest BCUT2D eigenvalue weighted by molar-refractivity contribution is 6.68. The summed E-state index contributed by atoms with van der Waals surface area (Å²) in [4.78, 5) is 11.5. The van der Waals surface area contributed by atoms with Gasteiger partial charge in [-0.25, -0.2) is 4.79 Å². The minimum absolute atomic E-state index is 0.255. The van der Waals surface area contributed by atoms with Crippen molar-refractivity contribution in [2.24, 2.45) is 0 Å². The van der Waals surface area contributed by atoms with Crippen LogP contribution in [-0.4, -0.2) is 16.5 Å². The highest BCUT2D eigenvalue weighted by Crippen LogP contribution is 2.40. The van der Waals surface area contributed by atoms with Crippen molar-refractivity contribution in [3.05, 3.63) is 35.4 Å². The lowest BCUT2D eigenvalue weighted by Gasteiger charge is -2.25. The highest BCUT2D eigenvalue weighted by Gasteiger charge is 2.35. The summed E-state index contributed by atoms with van der Waals surface area (Å²) < 4.78 is 3.16. The first-order valence-corrected chi connectivity index (χ1v) is 7.49. The van der Waals surface area contributed by atoms with Crippen molar-refractivity contribution < 1.29 is 9.53 Å². The standard InChI is InChI=1S/C14H18Cl3NO2/c1-4-20-13(19)18-12(14(15,16)17)11-7-5-10(6-8-11)9(2)3/h5-9,12H,4H2,1-3H3,(H,18,19)/t12-/m0/s1. The van der Waals surface area contributed by atoms with Gasteiger partial charge < -0.3 is 10.1 Å². The Labute approximate surface area is 134 Å². The molecule has 0 aliphatic carbocycles. The smallest absolute Gasteiger partial charge is 0.407 e. The SMILES string of the molecule is CCOC(=O)N[C@@H](c1ccc(C(C)C)cc1)C(Cl)(Cl)Cl. The molecule has 0 saturated heterocycles. The third kappa shape index (κ3) is 5.04. The summed E-state index contributed by atoms with van der Waals surface area (Å²) in [5.41, 5.74) is 1.88. The molecule has 0 unspecified atom stereocenters. The fourth-order valence-electron chi connectivity index (χ4n) is 1.72. The largest absolute Gasteiger partial charge is 0.450 e. The Morgan fingerprint density at radius 3 is 2.10 bits per heavy atom. The van der Waals surface area contributed by atoms with E-state index >= 15 is 0 Å². The summed E-state index contributed by atoms with van der Waals surface area (Å²) in [6.07, 6.45) is -0.614. The van der Waals surface area contributed by atoms with Crippen LogP contribution in [0.4, 0.5) is 4.79 Å². The molecule has 0 saturated carbocycles. The van der Waals surface area contributed by atoms with E-state index in [0.29, 0.717) is 11.5 Å². The van der Waals surface area contributed by atoms with Gasteiger partial charge in [0.15, 0.2) is 0 Å². The molecule has 6 heteroatoms. The molecule has 1 aromatic carbocycles. The van der Waals surface area contributed by atoms with Crippen LogP contribution in [0.3, 0.4) is 0 Å². The zero-order chi connectivity index (χ0) is 15.3. The second kappa shape index (κ2) is 7.39. The maximum absolute atomic E-state index is 11.5. The summed E-state index contributed by atoms with van der Waals surface area (Å²) in [6, 6.07) is 6.82. The molecule has 1 rings (SSSR count). The van der Waals surface area contributed by atoms with E-state index in [2.05, 4.69) is 19.2 Å². The van der Waals surface area contributed by atoms with Crippen LogP contribution in [0.1, 0.15) is 43.9 Å². The zero-order valence-corrected chi connectivity index (χ0v) is 13.9. The molecule has 0 aromatic heterocycles. The Balaban J connectivity index is 2.96. The number of carbonyl (C=O) groups is 1. The fraction of sp³-hybridized carbons (Fsp3) is 0.500. The number of alkyl carbamates (subject to hydrolysis) is 1. The Kier molecular flexibility index (Phi) is 6.44. The number of hydrogen-bond acceptors (Lipinski definition) is 2. The normalized spacial score (nSPS) is 13.2. The number of alkyl halides is 3. The molecule has 20 heavy (non-hydrogen) atoms. The van der Waals surface area contributed by atoms with Crippen LogP contribution in [0.5, 0.6) is 0 Å². The molecule has 3 nitrogen and oxygen atoms in total. The van der Waals surface area contributed by atoms with Crippen molar-refractivity contribution in [3.8, 4) is 0 Å². The van der Waals surface area contributed by atoms with Gasteiger partial charge in [-0.3, -0.25) is 0 Å². The van der Waals surface area contributed by atoms with Gasteiger partial charge in [0.05, 0.1) is 6.61 Å². The van der Waals surface area contributed by atoms with Crippen molar-refractivity contribution in [3.63, 3.8) is 0 Å². The van der Waals surface area contributed by atoms with Crippen LogP contribution in [0, 0.1) is 0 Å². The van der Waals surface area contributed by atoms with E-state index in [1.54, 1.807) is 6.92 Å². The number of rotatable bonds is 4. The Hall–Kier alpha value is -0.640. The third-order valence-corrected chi connectivity index (χ3v) is 3.46. The van der Waals surface area contributed by atoms with E-state index in [-0.39, 0.29) is 6.61 Å². The van der Waals surface area contributed by atoms with Crippen molar-refractivity contribution in [1.82, 2.24) is 5.32 Å². The van der Waals surface area contributed by atoms with Gasteiger partial charge in [0.1, 0.15) is 6.04 Å². The summed E-state index contributed by atoms with van der Waals surface area (Å²) in [5, 5.41) is 2.57. The van der Waals surface area contributed by atoms with E-state index in [1.165, 1.54) is 5.56 Å². The molecule has 0 bridgehead atoms. The topological polar surface area (TPSA) is 38.3 Å². The van der Waals surface area contributed by atoms with Crippen LogP contribution in [0.25, 0.3) is 0 Å². The van der Waals surface area contributed by atoms with Gasteiger partial charge >= 0.3 is 6.09 Å². The van der Waals surface area contributed by atoms with Gasteiger partial charge in [0.25, 0.3) is 0 Å². The second-order valence-corrected chi connectivity index (χ2v) is 7.03. The summed E-state index contributed by atoms with van der Waals surface area (Å²) in [6.45, 7) is 6.16. The Bertz CT molecular complexity index is 441. The number of halogens is 3. The second-order valence-electron chi connectivity index (χ2n) is 4.66. The summed E-state index contributed by atoms with van der Waals surface area (Å²) in [7, 11) is 0. The number of carbonyl (C=O) groups excluding carboxylic acids is 1. The minimum Gasteiger partial charge on any atom is -0.450 e. The molecule has 112 valence electrons. The molecular formula is C14H18Cl3NO2. The van der Waals surface area contributed by atoms with Crippen molar-refractivity contribution >= 4 is 40.9 Å². The molecule has 0 radical (unpaired) electrons. The van der Waals surface area contributed by atoms with E-state index < -0.39 is 15.9 Å². The van der Waals surface area contributed by atoms with Crippen LogP contribution in [0.15, 0.2) is 24.3 Å². The first kappa shape index (κ1) is 17.4. The van der Waals surface area contributed by atoms with E-state index in [0.717, 1.165) is 0 Å². The maximum Gasteiger partial charge on any atom is 0.407 e. The fourth-order valence-corrected chi connectivity index (χ4v) is 2.26. The van der Waals surface area contributed by atoms with Gasteiger partial charge in [-0.2, -0.15) is 0 Å². The molecule has 1 atom stereocenters. The van der Waals surface area contributed by atoms with Crippen LogP contribution < -0.4 is 5.32 Å². The molecule has 0 fully saturated rings. The van der Waals surface area contributed by atoms with Gasteiger partial charge in [-0.1, -0.05) is 72.9 Å². The zero-order valence-electron chi connectivity index (χ0n) is 11.6. The Morgan fingerprint density at radius 2 is 1.70 bits per heavy atom. The molecule has 1 amide bonds. The van der Waals surface area contributed by atoms with Gasteiger partial charge in [0, 0.05) is 0 Å². The monoisotopic (exact) mass is 337 g/mol. The van der Waals surface area contributed by atoms with E-state index in [1.807, 2.05) is 24.3 Å². The lowest BCUT2D eigenvalue weighted by molar-refractivity contribution is 0.148. The minimum atomic E-state index is -1.66. The number of amides is 1. The number of nitrogens with one attached hydrogen (secondary N) is 1. The maximum atomic E-state index is 11.5. The predicted octanol–water partition coefficient (Wildman–Crippen LogP) is 4.97. The number of benzene rings is 1. The van der Waals surface area contributed by atoms with Crippen molar-refractivity contribution in [2.45, 2.75) is 36.5 Å². The van der Waals surface area contributed by atoms with Gasteiger partial charge in [-0.15, -0.1) is 0 Å². The average molecular weight is 339 g/mol. The van der Waals surface area contributed by atoms with Crippen molar-refractivity contribution in [1.29, 1.82) is 0 Å². The van der Waals surface area contributed by atoms with Crippen LogP contribution in [-0.2, 0) is 4.74 Å². The first-order valence-electron chi connectivity index (χ1n) is 6.35. The highest BCUT2D eigenvalue weighted by atomic mass is 35.6. The average Bonchev–Trinajstić information content (AvgIpc) is 2.35. The van der Waals surface area contributed by atoms with Gasteiger partial charge in [0.2, 0.25) is 3.79 Å². The lowest BCUT2D eigenvalue weighted by atomic mass is 9.99. The molecule has 0 aliphatic rings. The summed E-state index contributed by atoms with van der Waals surface area (Å²) >= 11 is 17.8. The molecule has 1 aromatic rings. The van der Waals surface area contributed by atoms with Crippen LogP contribution in [0.2, 0.25) is 0 Å². The molecule has 0 heterocycles. The first-order chi connectivity index (χ1) is 9.25. The van der Waals surface area contributed by atoms with Crippen molar-refractivity contribution in [2.75, 3.05) is 6.61 Å². The molecule has 0 spiro atoms. The van der Waals surface area contributed by atoms with Gasteiger partial charge in [-0.05, 0) is 24.0 Å². The number of hydrogen-bond donors (Lipinski definition) is 1. The number of ether oxygens (including phenoxy) is 1. The van der Waals surface area contributed by atoms with E-state index in [9.17, 15) is 4.79 Å². The molecule has 0 aliphatic heterocycles. The van der Waals surface area contributed by atoms with Crippen LogP contribution >= 0.6 is 34.8 Å². The molecule has 1 N–H and O–H groups in total. The van der Waals surface area contributed by atoms with E-state index in [4.69, 9.17) is 39.5 Å². The Morgan fingerprint density at radius 1 is 1.20 bits per heavy atom. The predicted molar refractivity (Wildman–Crippen MR) is 83.7 cm³/mol. The lowest BCUT2D eigenvalue weighted by Crippen LogP contribution is -2.36. The quantitative estimate of drug-likeness (QED) is 0.787. The third-order valence-electron chi connectivity index (χ3n) is 2.80. The summed E-state index contributed by atoms with van der Waals surface area (Å²) in [5.74, 6) is 0.410.